The zero-order valence-corrected chi connectivity index (χ0v) is 12.2. The van der Waals surface area contributed by atoms with Gasteiger partial charge >= 0.3 is 0 Å². The first-order valence-corrected chi connectivity index (χ1v) is 8.04. The predicted molar refractivity (Wildman–Crippen MR) is 74.4 cm³/mol. The van der Waals surface area contributed by atoms with E-state index in [4.69, 9.17) is 5.26 Å². The van der Waals surface area contributed by atoms with E-state index in [1.165, 1.54) is 22.6 Å². The van der Waals surface area contributed by atoms with E-state index in [1.807, 2.05) is 6.07 Å². The lowest BCUT2D eigenvalue weighted by atomic mass is 10.1. The van der Waals surface area contributed by atoms with Crippen molar-refractivity contribution in [3.05, 3.63) is 24.0 Å². The van der Waals surface area contributed by atoms with Crippen LogP contribution in [0.3, 0.4) is 0 Å². The Balaban J connectivity index is 2.09. The number of sulfonamides is 1. The van der Waals surface area contributed by atoms with E-state index < -0.39 is 10.0 Å². The average molecular weight is 294 g/mol. The normalized spacial score (nSPS) is 19.8. The molecule has 1 aromatic heterocycles. The maximum absolute atomic E-state index is 12.4. The summed E-state index contributed by atoms with van der Waals surface area (Å²) in [6, 6.07) is 4.91. The highest BCUT2D eigenvalue weighted by atomic mass is 32.2. The second kappa shape index (κ2) is 6.31. The van der Waals surface area contributed by atoms with E-state index >= 15 is 0 Å². The monoisotopic (exact) mass is 294 g/mol. The quantitative estimate of drug-likeness (QED) is 0.884. The van der Waals surface area contributed by atoms with Gasteiger partial charge in [-0.25, -0.2) is 13.4 Å². The largest absolute Gasteiger partial charge is 0.313 e. The number of nitrogens with one attached hydrogen (secondary N) is 1. The van der Waals surface area contributed by atoms with Crippen LogP contribution in [0.4, 0.5) is 0 Å². The van der Waals surface area contributed by atoms with Gasteiger partial charge in [0.2, 0.25) is 10.0 Å². The predicted octanol–water partition coefficient (Wildman–Crippen LogP) is 0.716. The molecule has 20 heavy (non-hydrogen) atoms. The lowest BCUT2D eigenvalue weighted by Crippen LogP contribution is -2.44. The Kier molecular flexibility index (Phi) is 4.70. The van der Waals surface area contributed by atoms with Gasteiger partial charge in [-0.2, -0.15) is 9.57 Å². The number of rotatable bonds is 4. The van der Waals surface area contributed by atoms with Gasteiger partial charge in [0.25, 0.3) is 0 Å². The molecule has 7 heteroatoms. The molecule has 1 aliphatic rings. The molecule has 108 valence electrons. The fourth-order valence-electron chi connectivity index (χ4n) is 2.27. The van der Waals surface area contributed by atoms with Crippen LogP contribution in [0, 0.1) is 11.3 Å². The molecule has 1 aromatic rings. The fourth-order valence-corrected chi connectivity index (χ4v) is 3.43. The smallest absolute Gasteiger partial charge is 0.244 e. The lowest BCUT2D eigenvalue weighted by Gasteiger charge is -2.27. The average Bonchev–Trinajstić information content (AvgIpc) is 2.48. The van der Waals surface area contributed by atoms with Crippen LogP contribution in [0.1, 0.15) is 25.0 Å². The molecular formula is C13H18N4O2S. The van der Waals surface area contributed by atoms with E-state index in [0.717, 1.165) is 25.8 Å². The molecule has 1 aliphatic heterocycles. The molecule has 0 aromatic carbocycles. The summed E-state index contributed by atoms with van der Waals surface area (Å²) in [5.74, 6) is 0. The number of nitrogens with zero attached hydrogens (tertiary/aromatic N) is 3. The Morgan fingerprint density at radius 3 is 2.85 bits per heavy atom. The van der Waals surface area contributed by atoms with E-state index in [0.29, 0.717) is 6.54 Å². The van der Waals surface area contributed by atoms with E-state index in [2.05, 4.69) is 10.3 Å². The van der Waals surface area contributed by atoms with Crippen molar-refractivity contribution < 1.29 is 8.42 Å². The van der Waals surface area contributed by atoms with Crippen molar-refractivity contribution in [3.63, 3.8) is 0 Å². The van der Waals surface area contributed by atoms with Gasteiger partial charge in [0.15, 0.2) is 0 Å². The first-order chi connectivity index (χ1) is 9.54. The molecule has 1 atom stereocenters. The van der Waals surface area contributed by atoms with Crippen molar-refractivity contribution in [2.45, 2.75) is 30.2 Å². The molecule has 0 saturated carbocycles. The van der Waals surface area contributed by atoms with Gasteiger partial charge in [-0.1, -0.05) is 6.42 Å². The van der Waals surface area contributed by atoms with Crippen LogP contribution in [0.2, 0.25) is 0 Å². The minimum Gasteiger partial charge on any atom is -0.313 e. The Bertz CT molecular complexity index is 586. The van der Waals surface area contributed by atoms with Crippen LogP contribution >= 0.6 is 0 Å². The number of likely N-dealkylation sites (N-methyl/N-ethyl adjacent to an activating group) is 1. The lowest BCUT2D eigenvalue weighted by molar-refractivity contribution is 0.337. The Morgan fingerprint density at radius 1 is 1.50 bits per heavy atom. The summed E-state index contributed by atoms with van der Waals surface area (Å²) < 4.78 is 26.1. The molecule has 2 rings (SSSR count). The number of hydrogen-bond donors (Lipinski definition) is 1. The second-order valence-corrected chi connectivity index (χ2v) is 6.97. The molecule has 0 aliphatic carbocycles. The molecule has 1 fully saturated rings. The van der Waals surface area contributed by atoms with Crippen LogP contribution in [0.15, 0.2) is 23.2 Å². The number of aromatic nitrogens is 1. The maximum Gasteiger partial charge on any atom is 0.244 e. The van der Waals surface area contributed by atoms with Gasteiger partial charge in [-0.05, 0) is 31.5 Å². The van der Waals surface area contributed by atoms with Crippen LogP contribution in [-0.2, 0) is 10.0 Å². The summed E-state index contributed by atoms with van der Waals surface area (Å²) in [5.41, 5.74) is 0.209. The molecule has 0 amide bonds. The summed E-state index contributed by atoms with van der Waals surface area (Å²) in [6.45, 7) is 1.39. The number of nitriles is 1. The third kappa shape index (κ3) is 3.33. The molecule has 0 spiro atoms. The van der Waals surface area contributed by atoms with Gasteiger partial charge < -0.3 is 5.32 Å². The van der Waals surface area contributed by atoms with Crippen molar-refractivity contribution >= 4 is 10.0 Å². The van der Waals surface area contributed by atoms with Crippen LogP contribution in [0.25, 0.3) is 0 Å². The van der Waals surface area contributed by atoms with E-state index in [-0.39, 0.29) is 16.6 Å². The second-order valence-electron chi connectivity index (χ2n) is 4.92. The van der Waals surface area contributed by atoms with Crippen molar-refractivity contribution in [1.82, 2.24) is 14.6 Å². The van der Waals surface area contributed by atoms with Crippen molar-refractivity contribution in [2.24, 2.45) is 0 Å². The van der Waals surface area contributed by atoms with Gasteiger partial charge in [0.1, 0.15) is 16.7 Å². The van der Waals surface area contributed by atoms with E-state index in [9.17, 15) is 8.42 Å². The molecule has 2 heterocycles. The molecule has 1 N–H and O–H groups in total. The Hall–Kier alpha value is -1.49. The van der Waals surface area contributed by atoms with E-state index in [1.54, 1.807) is 7.05 Å². The number of piperidine rings is 1. The maximum atomic E-state index is 12.4. The zero-order chi connectivity index (χ0) is 14.6. The molecule has 6 nitrogen and oxygen atoms in total. The molecule has 1 saturated heterocycles. The molecular weight excluding hydrogens is 276 g/mol. The van der Waals surface area contributed by atoms with Crippen LogP contribution in [0.5, 0.6) is 0 Å². The van der Waals surface area contributed by atoms with Crippen LogP contribution in [-0.4, -0.2) is 43.9 Å². The fraction of sp³-hybridized carbons (Fsp3) is 0.538. The van der Waals surface area contributed by atoms with Gasteiger partial charge in [-0.15, -0.1) is 0 Å². The topological polar surface area (TPSA) is 86.1 Å². The van der Waals surface area contributed by atoms with Crippen LogP contribution < -0.4 is 5.32 Å². The Morgan fingerprint density at radius 2 is 2.30 bits per heavy atom. The minimum absolute atomic E-state index is 0.120. The van der Waals surface area contributed by atoms with Gasteiger partial charge in [0, 0.05) is 25.8 Å². The third-order valence-corrected chi connectivity index (χ3v) is 5.26. The van der Waals surface area contributed by atoms with Gasteiger partial charge in [0.05, 0.1) is 0 Å². The SMILES string of the molecule is CN(CC1CCCCN1)S(=O)(=O)c1ccc(C#N)nc1. The summed E-state index contributed by atoms with van der Waals surface area (Å²) >= 11 is 0. The van der Waals surface area contributed by atoms with Crippen molar-refractivity contribution in [3.8, 4) is 6.07 Å². The molecule has 0 radical (unpaired) electrons. The van der Waals surface area contributed by atoms with Gasteiger partial charge in [-0.3, -0.25) is 0 Å². The standard InChI is InChI=1S/C13H18N4O2S/c1-17(10-12-4-2-3-7-15-12)20(18,19)13-6-5-11(8-14)16-9-13/h5-6,9,12,15H,2-4,7,10H2,1H3. The summed E-state index contributed by atoms with van der Waals surface area (Å²) in [6.07, 6.45) is 4.50. The first kappa shape index (κ1) is 14.9. The minimum atomic E-state index is -3.54. The zero-order valence-electron chi connectivity index (χ0n) is 11.4. The first-order valence-electron chi connectivity index (χ1n) is 6.60. The number of hydrogen-bond acceptors (Lipinski definition) is 5. The third-order valence-electron chi connectivity index (χ3n) is 3.45. The Labute approximate surface area is 119 Å². The summed E-state index contributed by atoms with van der Waals surface area (Å²) in [7, 11) is -1.97. The summed E-state index contributed by atoms with van der Waals surface area (Å²) in [5, 5.41) is 12.0. The molecule has 0 bridgehead atoms. The highest BCUT2D eigenvalue weighted by Gasteiger charge is 2.24. The molecule has 1 unspecified atom stereocenters. The highest BCUT2D eigenvalue weighted by Crippen LogP contribution is 2.16. The highest BCUT2D eigenvalue weighted by molar-refractivity contribution is 7.89. The van der Waals surface area contributed by atoms with Crippen molar-refractivity contribution in [1.29, 1.82) is 5.26 Å². The number of pyridine rings is 1. The van der Waals surface area contributed by atoms with Crippen molar-refractivity contribution in [2.75, 3.05) is 20.1 Å². The summed E-state index contributed by atoms with van der Waals surface area (Å²) in [4.78, 5) is 3.93.